The van der Waals surface area contributed by atoms with Gasteiger partial charge in [-0.15, -0.1) is 0 Å². The summed E-state index contributed by atoms with van der Waals surface area (Å²) in [7, 11) is 1.58. The summed E-state index contributed by atoms with van der Waals surface area (Å²) in [5.41, 5.74) is 0.648. The molecular formula is C21H34N3O3+. The number of hydrogen-bond acceptors (Lipinski definition) is 3. The smallest absolute Gasteiger partial charge is 0.279 e. The van der Waals surface area contributed by atoms with Gasteiger partial charge >= 0.3 is 0 Å². The van der Waals surface area contributed by atoms with Crippen LogP contribution in [0.2, 0.25) is 0 Å². The number of amides is 2. The Hall–Kier alpha value is -2.08. The van der Waals surface area contributed by atoms with Gasteiger partial charge in [0.25, 0.3) is 11.8 Å². The molecule has 6 heteroatoms. The van der Waals surface area contributed by atoms with E-state index in [1.54, 1.807) is 19.2 Å². The Morgan fingerprint density at radius 1 is 1.15 bits per heavy atom. The number of carbonyl (C=O) groups excluding carboxylic acids is 2. The number of ether oxygens (including phenoxy) is 1. The summed E-state index contributed by atoms with van der Waals surface area (Å²) >= 11 is 0. The molecule has 0 radical (unpaired) electrons. The van der Waals surface area contributed by atoms with Crippen LogP contribution in [0.15, 0.2) is 24.3 Å². The van der Waals surface area contributed by atoms with Crippen molar-refractivity contribution in [1.82, 2.24) is 5.32 Å². The third-order valence-corrected chi connectivity index (χ3v) is 5.76. The van der Waals surface area contributed by atoms with Gasteiger partial charge in [0.15, 0.2) is 13.1 Å². The molecule has 0 heterocycles. The molecule has 1 aromatic rings. The summed E-state index contributed by atoms with van der Waals surface area (Å²) in [6.45, 7) is 7.74. The average molecular weight is 377 g/mol. The fourth-order valence-corrected chi connectivity index (χ4v) is 3.75. The van der Waals surface area contributed by atoms with Crippen molar-refractivity contribution in [2.45, 2.75) is 46.1 Å². The number of anilines is 1. The molecule has 2 rings (SSSR count). The number of rotatable bonds is 8. The lowest BCUT2D eigenvalue weighted by molar-refractivity contribution is -0.881. The third kappa shape index (κ3) is 6.24. The molecule has 2 amide bonds. The molecule has 27 heavy (non-hydrogen) atoms. The van der Waals surface area contributed by atoms with Crippen LogP contribution < -0.4 is 20.3 Å². The highest BCUT2D eigenvalue weighted by atomic mass is 16.5. The molecule has 1 aliphatic carbocycles. The van der Waals surface area contributed by atoms with E-state index in [-0.39, 0.29) is 24.4 Å². The fraction of sp³-hybridized carbons (Fsp3) is 0.619. The Morgan fingerprint density at radius 2 is 1.85 bits per heavy atom. The predicted octanol–water partition coefficient (Wildman–Crippen LogP) is 1.48. The van der Waals surface area contributed by atoms with Gasteiger partial charge in [0, 0.05) is 6.04 Å². The first kappa shape index (κ1) is 21.2. The highest BCUT2D eigenvalue weighted by molar-refractivity contribution is 5.93. The first-order valence-corrected chi connectivity index (χ1v) is 10.00. The maximum Gasteiger partial charge on any atom is 0.279 e. The summed E-state index contributed by atoms with van der Waals surface area (Å²) in [5, 5.41) is 6.07. The molecule has 0 aromatic heterocycles. The number of para-hydroxylation sites is 2. The lowest BCUT2D eigenvalue weighted by atomic mass is 9.78. The second-order valence-corrected chi connectivity index (χ2v) is 7.65. The largest absolute Gasteiger partial charge is 0.495 e. The number of likely N-dealkylation sites (N-methyl/N-ethyl adjacent to an activating group) is 1. The molecule has 1 saturated carbocycles. The van der Waals surface area contributed by atoms with Crippen molar-refractivity contribution < 1.29 is 19.2 Å². The zero-order valence-corrected chi connectivity index (χ0v) is 17.0. The molecule has 3 N–H and O–H groups in total. The second-order valence-electron chi connectivity index (χ2n) is 7.65. The number of benzene rings is 1. The van der Waals surface area contributed by atoms with Crippen LogP contribution in [0, 0.1) is 11.8 Å². The van der Waals surface area contributed by atoms with Crippen molar-refractivity contribution >= 4 is 17.5 Å². The molecule has 1 aromatic carbocycles. The maximum absolute atomic E-state index is 12.5. The van der Waals surface area contributed by atoms with E-state index in [0.29, 0.717) is 36.4 Å². The van der Waals surface area contributed by atoms with Crippen molar-refractivity contribution in [3.05, 3.63) is 24.3 Å². The number of nitrogens with one attached hydrogen (secondary N) is 3. The van der Waals surface area contributed by atoms with Crippen LogP contribution in [0.25, 0.3) is 0 Å². The minimum atomic E-state index is -0.121. The van der Waals surface area contributed by atoms with Crippen LogP contribution in [0.4, 0.5) is 5.69 Å². The summed E-state index contributed by atoms with van der Waals surface area (Å²) in [6.07, 6.45) is 3.46. The molecule has 0 spiro atoms. The van der Waals surface area contributed by atoms with Gasteiger partial charge in [-0.05, 0) is 37.3 Å². The highest BCUT2D eigenvalue weighted by Crippen LogP contribution is 2.29. The predicted molar refractivity (Wildman–Crippen MR) is 107 cm³/mol. The SMILES string of the molecule is CC[NH+](CC(=O)Nc1ccccc1OC)CC(=O)N[C@H]1CCC[C@H](C)[C@@H]1C. The zero-order valence-electron chi connectivity index (χ0n) is 17.0. The maximum atomic E-state index is 12.5. The minimum Gasteiger partial charge on any atom is -0.495 e. The van der Waals surface area contributed by atoms with Gasteiger partial charge < -0.3 is 20.3 Å². The Morgan fingerprint density at radius 3 is 2.56 bits per heavy atom. The van der Waals surface area contributed by atoms with Crippen LogP contribution in [0.5, 0.6) is 5.75 Å². The van der Waals surface area contributed by atoms with E-state index in [1.807, 2.05) is 19.1 Å². The van der Waals surface area contributed by atoms with Gasteiger partial charge in [-0.2, -0.15) is 0 Å². The first-order valence-electron chi connectivity index (χ1n) is 10.00. The van der Waals surface area contributed by atoms with E-state index < -0.39 is 0 Å². The molecule has 1 fully saturated rings. The van der Waals surface area contributed by atoms with Gasteiger partial charge in [-0.1, -0.05) is 38.8 Å². The van der Waals surface area contributed by atoms with Crippen LogP contribution >= 0.6 is 0 Å². The topological polar surface area (TPSA) is 71.9 Å². The molecule has 4 atom stereocenters. The normalized spacial score (nSPS) is 23.3. The quantitative estimate of drug-likeness (QED) is 0.644. The monoisotopic (exact) mass is 376 g/mol. The summed E-state index contributed by atoms with van der Waals surface area (Å²) in [6, 6.07) is 7.57. The number of hydrogen-bond donors (Lipinski definition) is 3. The third-order valence-electron chi connectivity index (χ3n) is 5.76. The summed E-state index contributed by atoms with van der Waals surface area (Å²) in [5.74, 6) is 1.68. The Kier molecular flexibility index (Phi) is 8.10. The zero-order chi connectivity index (χ0) is 19.8. The first-order chi connectivity index (χ1) is 12.9. The van der Waals surface area contributed by atoms with E-state index in [4.69, 9.17) is 4.74 Å². The van der Waals surface area contributed by atoms with Crippen LogP contribution in [0.1, 0.15) is 40.0 Å². The van der Waals surface area contributed by atoms with E-state index in [0.717, 1.165) is 11.3 Å². The van der Waals surface area contributed by atoms with E-state index in [9.17, 15) is 9.59 Å². The molecule has 1 unspecified atom stereocenters. The van der Waals surface area contributed by atoms with Crippen LogP contribution in [-0.4, -0.2) is 44.6 Å². The van der Waals surface area contributed by atoms with E-state index >= 15 is 0 Å². The molecular weight excluding hydrogens is 342 g/mol. The van der Waals surface area contributed by atoms with Crippen LogP contribution in [0.3, 0.4) is 0 Å². The molecule has 0 saturated heterocycles. The minimum absolute atomic E-state index is 0.0305. The van der Waals surface area contributed by atoms with Gasteiger partial charge in [0.2, 0.25) is 0 Å². The van der Waals surface area contributed by atoms with Crippen molar-refractivity contribution in [3.8, 4) is 5.75 Å². The van der Waals surface area contributed by atoms with Crippen molar-refractivity contribution in [3.63, 3.8) is 0 Å². The molecule has 6 nitrogen and oxygen atoms in total. The Bertz CT molecular complexity index is 635. The molecule has 0 aliphatic heterocycles. The van der Waals surface area contributed by atoms with Gasteiger partial charge in [0.05, 0.1) is 19.3 Å². The number of methoxy groups -OCH3 is 1. The van der Waals surface area contributed by atoms with Gasteiger partial charge in [0.1, 0.15) is 5.75 Å². The highest BCUT2D eigenvalue weighted by Gasteiger charge is 2.29. The lowest BCUT2D eigenvalue weighted by Crippen LogP contribution is -3.14. The summed E-state index contributed by atoms with van der Waals surface area (Å²) in [4.78, 5) is 25.8. The van der Waals surface area contributed by atoms with Crippen molar-refractivity contribution in [2.75, 3.05) is 32.1 Å². The molecule has 0 bridgehead atoms. The van der Waals surface area contributed by atoms with Gasteiger partial charge in [-0.3, -0.25) is 9.59 Å². The molecule has 1 aliphatic rings. The average Bonchev–Trinajstić information content (AvgIpc) is 2.65. The standard InChI is InChI=1S/C21H33N3O3/c1-5-24(13-20(25)22-17-11-8-9-15(2)16(17)3)14-21(26)23-18-10-6-7-12-19(18)27-4/h6-7,10,12,15-17H,5,8-9,11,13-14H2,1-4H3,(H,22,25)(H,23,26)/p+1/t15-,16-,17-/m0/s1. The van der Waals surface area contributed by atoms with Crippen LogP contribution in [-0.2, 0) is 9.59 Å². The van der Waals surface area contributed by atoms with E-state index in [2.05, 4.69) is 24.5 Å². The van der Waals surface area contributed by atoms with Crippen molar-refractivity contribution in [2.24, 2.45) is 11.8 Å². The second kappa shape index (κ2) is 10.3. The summed E-state index contributed by atoms with van der Waals surface area (Å²) < 4.78 is 5.26. The number of carbonyl (C=O) groups is 2. The van der Waals surface area contributed by atoms with E-state index in [1.165, 1.54) is 12.8 Å². The fourth-order valence-electron chi connectivity index (χ4n) is 3.75. The lowest BCUT2D eigenvalue weighted by Gasteiger charge is -2.34. The number of quaternary nitrogens is 1. The van der Waals surface area contributed by atoms with Gasteiger partial charge in [-0.25, -0.2) is 0 Å². The Labute approximate surface area is 162 Å². The Balaban J connectivity index is 1.85. The molecule has 150 valence electrons. The van der Waals surface area contributed by atoms with Crippen molar-refractivity contribution in [1.29, 1.82) is 0 Å².